The molecule has 0 aliphatic carbocycles. The van der Waals surface area contributed by atoms with Crippen LogP contribution in [0, 0.1) is 0 Å². The van der Waals surface area contributed by atoms with Crippen LogP contribution in [0.2, 0.25) is 0 Å². The summed E-state index contributed by atoms with van der Waals surface area (Å²) in [5, 5.41) is 0. The molecule has 2 N–H and O–H groups in total. The van der Waals surface area contributed by atoms with Gasteiger partial charge >= 0.3 is 0 Å². The Bertz CT molecular complexity index is 358. The topological polar surface area (TPSA) is 43.3 Å². The molecule has 2 rings (SSSR count). The van der Waals surface area contributed by atoms with E-state index >= 15 is 0 Å². The van der Waals surface area contributed by atoms with Gasteiger partial charge in [-0.1, -0.05) is 0 Å². The molecule has 0 radical (unpaired) electrons. The van der Waals surface area contributed by atoms with E-state index in [9.17, 15) is 0 Å². The predicted molar refractivity (Wildman–Crippen MR) is 54.1 cm³/mol. The fourth-order valence-corrected chi connectivity index (χ4v) is 0.938. The standard InChI is InChI=1S/C7H7N3.2ClH/c8-6-4-9-7-2-1-3-10(7)5-6;;/h1-5H,8H2;2*1H. The van der Waals surface area contributed by atoms with E-state index in [-0.39, 0.29) is 24.8 Å². The Hall–Kier alpha value is -0.930. The molecule has 0 unspecified atom stereocenters. The van der Waals surface area contributed by atoms with Gasteiger partial charge in [0.2, 0.25) is 0 Å². The average Bonchev–Trinajstić information content (AvgIpc) is 2.33. The minimum absolute atomic E-state index is 0. The van der Waals surface area contributed by atoms with Crippen molar-refractivity contribution in [1.29, 1.82) is 0 Å². The van der Waals surface area contributed by atoms with Crippen LogP contribution >= 0.6 is 24.8 Å². The zero-order valence-corrected chi connectivity index (χ0v) is 7.81. The summed E-state index contributed by atoms with van der Waals surface area (Å²) < 4.78 is 1.88. The molecule has 0 saturated heterocycles. The molecule has 3 nitrogen and oxygen atoms in total. The number of nitrogens with two attached hydrogens (primary N) is 1. The Labute approximate surface area is 82.4 Å². The number of hydrogen-bond acceptors (Lipinski definition) is 2. The second-order valence-electron chi connectivity index (χ2n) is 2.16. The Kier molecular flexibility index (Phi) is 3.86. The average molecular weight is 206 g/mol. The summed E-state index contributed by atoms with van der Waals surface area (Å²) in [5.41, 5.74) is 7.11. The molecular formula is C7H9Cl2N3. The molecule has 0 amide bonds. The number of halogens is 2. The lowest BCUT2D eigenvalue weighted by molar-refractivity contribution is 1.14. The zero-order chi connectivity index (χ0) is 6.97. The molecular weight excluding hydrogens is 197 g/mol. The van der Waals surface area contributed by atoms with Gasteiger partial charge < -0.3 is 10.1 Å². The molecule has 2 heterocycles. The zero-order valence-electron chi connectivity index (χ0n) is 6.18. The van der Waals surface area contributed by atoms with E-state index in [1.165, 1.54) is 0 Å². The third-order valence-electron chi connectivity index (χ3n) is 1.39. The van der Waals surface area contributed by atoms with Crippen LogP contribution in [0.3, 0.4) is 0 Å². The number of anilines is 1. The van der Waals surface area contributed by atoms with Crippen LogP contribution in [0.5, 0.6) is 0 Å². The van der Waals surface area contributed by atoms with E-state index in [0.29, 0.717) is 5.69 Å². The molecule has 0 atom stereocenters. The number of hydrogen-bond donors (Lipinski definition) is 1. The molecule has 2 aromatic heterocycles. The van der Waals surface area contributed by atoms with E-state index < -0.39 is 0 Å². The van der Waals surface area contributed by atoms with Crippen molar-refractivity contribution in [1.82, 2.24) is 9.38 Å². The number of aromatic nitrogens is 2. The third-order valence-corrected chi connectivity index (χ3v) is 1.39. The van der Waals surface area contributed by atoms with Crippen LogP contribution in [0.4, 0.5) is 5.69 Å². The highest BCUT2D eigenvalue weighted by molar-refractivity contribution is 5.85. The van der Waals surface area contributed by atoms with E-state index in [0.717, 1.165) is 5.65 Å². The molecule has 5 heteroatoms. The molecule has 0 fully saturated rings. The van der Waals surface area contributed by atoms with E-state index in [1.54, 1.807) is 6.20 Å². The van der Waals surface area contributed by atoms with Crippen LogP contribution in [0.1, 0.15) is 0 Å². The molecule has 0 aliphatic heterocycles. The summed E-state index contributed by atoms with van der Waals surface area (Å²) >= 11 is 0. The Morgan fingerprint density at radius 1 is 1.33 bits per heavy atom. The molecule has 0 bridgehead atoms. The summed E-state index contributed by atoms with van der Waals surface area (Å²) in [5.74, 6) is 0. The second-order valence-corrected chi connectivity index (χ2v) is 2.16. The highest BCUT2D eigenvalue weighted by Crippen LogP contribution is 2.03. The number of rotatable bonds is 0. The van der Waals surface area contributed by atoms with Gasteiger partial charge in [-0.05, 0) is 12.1 Å². The van der Waals surface area contributed by atoms with Gasteiger partial charge in [0.25, 0.3) is 0 Å². The minimum atomic E-state index is 0. The molecule has 0 aromatic carbocycles. The Balaban J connectivity index is 0.000000605. The molecule has 0 saturated carbocycles. The predicted octanol–water partition coefficient (Wildman–Crippen LogP) is 1.76. The second kappa shape index (κ2) is 4.18. The summed E-state index contributed by atoms with van der Waals surface area (Å²) in [4.78, 5) is 4.08. The van der Waals surface area contributed by atoms with Gasteiger partial charge in [-0.25, -0.2) is 4.98 Å². The summed E-state index contributed by atoms with van der Waals surface area (Å²) in [6.07, 6.45) is 5.40. The van der Waals surface area contributed by atoms with Crippen molar-refractivity contribution in [3.8, 4) is 0 Å². The van der Waals surface area contributed by atoms with Gasteiger partial charge in [-0.2, -0.15) is 0 Å². The first-order valence-corrected chi connectivity index (χ1v) is 3.04. The van der Waals surface area contributed by atoms with E-state index in [4.69, 9.17) is 5.73 Å². The lowest BCUT2D eigenvalue weighted by Gasteiger charge is -1.93. The molecule has 12 heavy (non-hydrogen) atoms. The quantitative estimate of drug-likeness (QED) is 0.713. The van der Waals surface area contributed by atoms with Crippen LogP contribution in [-0.2, 0) is 0 Å². The van der Waals surface area contributed by atoms with Gasteiger partial charge in [-0.3, -0.25) is 0 Å². The normalized spacial score (nSPS) is 8.67. The van der Waals surface area contributed by atoms with Crippen molar-refractivity contribution in [2.24, 2.45) is 0 Å². The monoisotopic (exact) mass is 205 g/mol. The van der Waals surface area contributed by atoms with Crippen molar-refractivity contribution >= 4 is 36.1 Å². The summed E-state index contributed by atoms with van der Waals surface area (Å²) in [6.45, 7) is 0. The lowest BCUT2D eigenvalue weighted by atomic mass is 10.5. The van der Waals surface area contributed by atoms with Gasteiger partial charge in [0, 0.05) is 12.4 Å². The van der Waals surface area contributed by atoms with Crippen molar-refractivity contribution in [2.45, 2.75) is 0 Å². The molecule has 2 aromatic rings. The number of nitrogens with zero attached hydrogens (tertiary/aromatic N) is 2. The van der Waals surface area contributed by atoms with Crippen molar-refractivity contribution < 1.29 is 0 Å². The molecule has 0 aliphatic rings. The smallest absolute Gasteiger partial charge is 0.136 e. The maximum absolute atomic E-state index is 5.50. The van der Waals surface area contributed by atoms with Crippen molar-refractivity contribution in [2.75, 3.05) is 5.73 Å². The summed E-state index contributed by atoms with van der Waals surface area (Å²) in [7, 11) is 0. The van der Waals surface area contributed by atoms with Crippen molar-refractivity contribution in [3.05, 3.63) is 30.7 Å². The fourth-order valence-electron chi connectivity index (χ4n) is 0.938. The minimum Gasteiger partial charge on any atom is -0.396 e. The SMILES string of the molecule is Cl.Cl.Nc1cnc2cccn2c1. The van der Waals surface area contributed by atoms with Gasteiger partial charge in [0.15, 0.2) is 0 Å². The lowest BCUT2D eigenvalue weighted by Crippen LogP contribution is -1.90. The highest BCUT2D eigenvalue weighted by Gasteiger charge is 1.90. The Morgan fingerprint density at radius 3 is 2.83 bits per heavy atom. The van der Waals surface area contributed by atoms with Gasteiger partial charge in [0.05, 0.1) is 11.9 Å². The van der Waals surface area contributed by atoms with E-state index in [2.05, 4.69) is 4.98 Å². The Morgan fingerprint density at radius 2 is 2.08 bits per heavy atom. The maximum atomic E-state index is 5.50. The summed E-state index contributed by atoms with van der Waals surface area (Å²) in [6, 6.07) is 3.86. The number of nitrogen functional groups attached to an aromatic ring is 1. The first-order chi connectivity index (χ1) is 4.86. The molecule has 0 spiro atoms. The highest BCUT2D eigenvalue weighted by atomic mass is 35.5. The number of fused-ring (bicyclic) bond motifs is 1. The van der Waals surface area contributed by atoms with Gasteiger partial charge in [0.1, 0.15) is 5.65 Å². The largest absolute Gasteiger partial charge is 0.396 e. The third kappa shape index (κ3) is 1.81. The van der Waals surface area contributed by atoms with Crippen LogP contribution in [-0.4, -0.2) is 9.38 Å². The maximum Gasteiger partial charge on any atom is 0.136 e. The fraction of sp³-hybridized carbons (Fsp3) is 0. The first-order valence-electron chi connectivity index (χ1n) is 3.04. The van der Waals surface area contributed by atoms with Crippen LogP contribution < -0.4 is 5.73 Å². The van der Waals surface area contributed by atoms with E-state index in [1.807, 2.05) is 28.9 Å². The van der Waals surface area contributed by atoms with Crippen molar-refractivity contribution in [3.63, 3.8) is 0 Å². The molecule has 66 valence electrons. The van der Waals surface area contributed by atoms with Crippen LogP contribution in [0.25, 0.3) is 5.65 Å². The van der Waals surface area contributed by atoms with Crippen LogP contribution in [0.15, 0.2) is 30.7 Å². The first kappa shape index (κ1) is 11.1. The van der Waals surface area contributed by atoms with Gasteiger partial charge in [-0.15, -0.1) is 24.8 Å².